The molecule has 1 aromatic carbocycles. The largest absolute Gasteiger partial charge is 0.344 e. The van der Waals surface area contributed by atoms with Gasteiger partial charge < -0.3 is 20.5 Å². The molecule has 43 heavy (non-hydrogen) atoms. The highest BCUT2D eigenvalue weighted by Crippen LogP contribution is 2.20. The Hall–Kier alpha value is -4.55. The van der Waals surface area contributed by atoms with Gasteiger partial charge in [0.2, 0.25) is 17.7 Å². The summed E-state index contributed by atoms with van der Waals surface area (Å²) in [4.78, 5) is 73.2. The lowest BCUT2D eigenvalue weighted by Crippen LogP contribution is -2.51. The second-order valence-corrected chi connectivity index (χ2v) is 11.1. The number of fused-ring (bicyclic) bond motifs is 1. The molecule has 4 rings (SSSR count). The first-order chi connectivity index (χ1) is 20.6. The van der Waals surface area contributed by atoms with Crippen LogP contribution in [-0.2, 0) is 40.8 Å². The molecule has 0 saturated carbocycles. The van der Waals surface area contributed by atoms with E-state index in [1.807, 2.05) is 44.2 Å². The third-order valence-electron chi connectivity index (χ3n) is 7.89. The number of amides is 3. The maximum atomic E-state index is 13.6. The van der Waals surface area contributed by atoms with Crippen LogP contribution in [0.1, 0.15) is 61.9 Å². The topological polar surface area (TPSA) is 164 Å². The summed E-state index contributed by atoms with van der Waals surface area (Å²) in [7, 11) is 1.35. The second-order valence-electron chi connectivity index (χ2n) is 11.1. The van der Waals surface area contributed by atoms with Crippen molar-refractivity contribution in [3.63, 3.8) is 0 Å². The molecule has 1 aliphatic rings. The molecule has 0 aliphatic carbocycles. The van der Waals surface area contributed by atoms with Crippen LogP contribution in [0.3, 0.4) is 0 Å². The number of rotatable bonds is 6. The van der Waals surface area contributed by atoms with Crippen molar-refractivity contribution in [1.29, 1.82) is 0 Å². The Labute approximate surface area is 249 Å². The zero-order valence-electron chi connectivity index (χ0n) is 25.1. The van der Waals surface area contributed by atoms with Crippen molar-refractivity contribution >= 4 is 17.7 Å². The number of carbonyl (C=O) groups is 3. The van der Waals surface area contributed by atoms with Crippen LogP contribution >= 0.6 is 0 Å². The lowest BCUT2D eigenvalue weighted by molar-refractivity contribution is -0.132. The van der Waals surface area contributed by atoms with E-state index in [1.54, 1.807) is 16.5 Å². The van der Waals surface area contributed by atoms with Crippen LogP contribution in [0.25, 0.3) is 0 Å². The number of H-pyrrole nitrogens is 1. The Morgan fingerprint density at radius 3 is 2.53 bits per heavy atom. The van der Waals surface area contributed by atoms with Crippen LogP contribution in [0.15, 0.2) is 46.1 Å². The molecule has 0 radical (unpaired) electrons. The van der Waals surface area contributed by atoms with Crippen molar-refractivity contribution in [2.75, 3.05) is 13.1 Å². The van der Waals surface area contributed by atoms with Crippen molar-refractivity contribution in [3.05, 3.63) is 80.1 Å². The van der Waals surface area contributed by atoms with E-state index < -0.39 is 23.3 Å². The minimum Gasteiger partial charge on any atom is -0.344 e. The molecule has 1 aliphatic heterocycles. The summed E-state index contributed by atoms with van der Waals surface area (Å²) in [6, 6.07) is 8.43. The van der Waals surface area contributed by atoms with E-state index >= 15 is 0 Å². The van der Waals surface area contributed by atoms with Gasteiger partial charge in [-0.3, -0.25) is 23.7 Å². The number of hydrogen-bond donors (Lipinski definition) is 3. The number of aromatic nitrogens is 5. The molecule has 3 heterocycles. The van der Waals surface area contributed by atoms with E-state index in [-0.39, 0.29) is 61.7 Å². The van der Waals surface area contributed by atoms with Gasteiger partial charge in [-0.05, 0) is 31.2 Å². The minimum atomic E-state index is -0.745. The van der Waals surface area contributed by atoms with Gasteiger partial charge in [0.15, 0.2) is 0 Å². The van der Waals surface area contributed by atoms with Crippen LogP contribution in [-0.4, -0.2) is 66.1 Å². The molecule has 3 aromatic rings. The predicted octanol–water partition coefficient (Wildman–Crippen LogP) is 0.770. The van der Waals surface area contributed by atoms with Gasteiger partial charge in [0, 0.05) is 38.3 Å². The number of aromatic amines is 1. The molecule has 0 saturated heterocycles. The molecule has 3 atom stereocenters. The van der Waals surface area contributed by atoms with Gasteiger partial charge in [-0.25, -0.2) is 14.5 Å². The van der Waals surface area contributed by atoms with Crippen LogP contribution in [0, 0.1) is 12.8 Å². The summed E-state index contributed by atoms with van der Waals surface area (Å²) in [6.45, 7) is 6.44. The summed E-state index contributed by atoms with van der Waals surface area (Å²) in [5.41, 5.74) is 0.0591. The van der Waals surface area contributed by atoms with Gasteiger partial charge in [0.05, 0.1) is 19.0 Å². The van der Waals surface area contributed by atoms with E-state index in [2.05, 4.69) is 25.7 Å². The molecule has 0 fully saturated rings. The first kappa shape index (κ1) is 31.4. The molecular formula is C30H40N8O5. The molecule has 3 amide bonds. The highest BCUT2D eigenvalue weighted by atomic mass is 16.2. The SMILES string of the molecule is CC[C@H](C)[C@@H]1NC(=O)CCCN(C(=O)Cc2c[nH]c(=O)n(C)c2=O)CCn2nc(C)nc2[C@H](Cc2ccccc2)NC1=O. The number of nitrogens with one attached hydrogen (secondary N) is 3. The van der Waals surface area contributed by atoms with Gasteiger partial charge >= 0.3 is 5.69 Å². The van der Waals surface area contributed by atoms with Crippen LogP contribution in [0.5, 0.6) is 0 Å². The maximum Gasteiger partial charge on any atom is 0.328 e. The average molecular weight is 593 g/mol. The summed E-state index contributed by atoms with van der Waals surface area (Å²) < 4.78 is 2.64. The van der Waals surface area contributed by atoms with Gasteiger partial charge in [-0.15, -0.1) is 0 Å². The lowest BCUT2D eigenvalue weighted by atomic mass is 9.97. The molecular weight excluding hydrogens is 552 g/mol. The number of benzene rings is 1. The fourth-order valence-electron chi connectivity index (χ4n) is 5.18. The van der Waals surface area contributed by atoms with Gasteiger partial charge in [0.1, 0.15) is 17.7 Å². The first-order valence-corrected chi connectivity index (χ1v) is 14.7. The van der Waals surface area contributed by atoms with Crippen molar-refractivity contribution in [3.8, 4) is 0 Å². The number of carbonyl (C=O) groups excluding carboxylic acids is 3. The molecule has 0 spiro atoms. The van der Waals surface area contributed by atoms with Gasteiger partial charge in [0.25, 0.3) is 5.56 Å². The quantitative estimate of drug-likeness (QED) is 0.381. The smallest absolute Gasteiger partial charge is 0.328 e. The molecule has 0 bridgehead atoms. The normalized spacial score (nSPS) is 19.1. The maximum absolute atomic E-state index is 13.6. The minimum absolute atomic E-state index is 0.117. The summed E-state index contributed by atoms with van der Waals surface area (Å²) >= 11 is 0. The third-order valence-corrected chi connectivity index (χ3v) is 7.89. The molecule has 13 nitrogen and oxygen atoms in total. The van der Waals surface area contributed by atoms with Crippen LogP contribution < -0.4 is 21.9 Å². The van der Waals surface area contributed by atoms with E-state index in [1.165, 1.54) is 13.2 Å². The summed E-state index contributed by atoms with van der Waals surface area (Å²) in [6.07, 6.45) is 2.67. The fraction of sp³-hybridized carbons (Fsp3) is 0.500. The predicted molar refractivity (Wildman–Crippen MR) is 159 cm³/mol. The summed E-state index contributed by atoms with van der Waals surface area (Å²) in [5, 5.41) is 10.6. The van der Waals surface area contributed by atoms with Crippen LogP contribution in [0.2, 0.25) is 0 Å². The monoisotopic (exact) mass is 592 g/mol. The number of hydrogen-bond acceptors (Lipinski definition) is 7. The molecule has 2 aromatic heterocycles. The Bertz CT molecular complexity index is 1560. The highest BCUT2D eigenvalue weighted by molar-refractivity contribution is 5.88. The van der Waals surface area contributed by atoms with E-state index in [4.69, 9.17) is 0 Å². The van der Waals surface area contributed by atoms with E-state index in [0.29, 0.717) is 30.9 Å². The molecule has 0 unspecified atom stereocenters. The Kier molecular flexibility index (Phi) is 10.3. The van der Waals surface area contributed by atoms with E-state index in [9.17, 15) is 24.0 Å². The second kappa shape index (κ2) is 14.1. The van der Waals surface area contributed by atoms with Crippen molar-refractivity contribution in [1.82, 2.24) is 39.8 Å². The third kappa shape index (κ3) is 7.85. The van der Waals surface area contributed by atoms with Crippen LogP contribution in [0.4, 0.5) is 0 Å². The highest BCUT2D eigenvalue weighted by Gasteiger charge is 2.31. The Morgan fingerprint density at radius 1 is 1.07 bits per heavy atom. The zero-order chi connectivity index (χ0) is 31.1. The summed E-state index contributed by atoms with van der Waals surface area (Å²) in [5.74, 6) is 0.0645. The number of nitrogens with zero attached hydrogens (tertiary/aromatic N) is 5. The van der Waals surface area contributed by atoms with Crippen molar-refractivity contribution < 1.29 is 14.4 Å². The van der Waals surface area contributed by atoms with E-state index in [0.717, 1.165) is 10.1 Å². The van der Waals surface area contributed by atoms with Crippen molar-refractivity contribution in [2.24, 2.45) is 13.0 Å². The van der Waals surface area contributed by atoms with Crippen molar-refractivity contribution in [2.45, 2.75) is 71.5 Å². The molecule has 13 heteroatoms. The molecule has 3 N–H and O–H groups in total. The molecule has 230 valence electrons. The van der Waals surface area contributed by atoms with Gasteiger partial charge in [-0.1, -0.05) is 50.6 Å². The zero-order valence-corrected chi connectivity index (χ0v) is 25.1. The van der Waals surface area contributed by atoms with Gasteiger partial charge in [-0.2, -0.15) is 5.10 Å². The number of aryl methyl sites for hydroxylation is 1. The fourth-order valence-corrected chi connectivity index (χ4v) is 5.18. The Balaban J connectivity index is 1.68. The Morgan fingerprint density at radius 2 is 1.81 bits per heavy atom. The average Bonchev–Trinajstić information content (AvgIpc) is 3.37. The first-order valence-electron chi connectivity index (χ1n) is 14.7. The lowest BCUT2D eigenvalue weighted by Gasteiger charge is -2.28. The standard InChI is InChI=1S/C30H40N8O5/c1-5-19(2)26-28(41)33-23(16-21-10-7-6-8-11-21)27-32-20(3)35-38(27)15-14-37(13-9-12-24(39)34-26)25(40)17-22-18-31-30(43)36(4)29(22)42/h6-8,10-11,18-19,23,26H,5,9,12-17H2,1-4H3,(H,31,43)(H,33,41)(H,34,39)/t19-,23-,26-/m0/s1.